The van der Waals surface area contributed by atoms with Gasteiger partial charge in [-0.15, -0.1) is 0 Å². The topological polar surface area (TPSA) is 64.3 Å². The van der Waals surface area contributed by atoms with E-state index < -0.39 is 0 Å². The Morgan fingerprint density at radius 3 is 2.86 bits per heavy atom. The van der Waals surface area contributed by atoms with Crippen molar-refractivity contribution >= 4 is 11.6 Å². The van der Waals surface area contributed by atoms with Crippen LogP contribution in [0.3, 0.4) is 0 Å². The minimum Gasteiger partial charge on any atom is -0.490 e. The lowest BCUT2D eigenvalue weighted by atomic mass is 9.68. The lowest BCUT2D eigenvalue weighted by molar-refractivity contribution is -0.124. The number of ether oxygens (including phenoxy) is 1. The number of amides is 1. The zero-order valence-corrected chi connectivity index (χ0v) is 13.0. The summed E-state index contributed by atoms with van der Waals surface area (Å²) < 4.78 is 5.59. The normalized spacial score (nSPS) is 20.8. The maximum absolute atomic E-state index is 12.6. The Hall–Kier alpha value is -1.55. The van der Waals surface area contributed by atoms with E-state index in [0.717, 1.165) is 24.9 Å². The fourth-order valence-corrected chi connectivity index (χ4v) is 3.06. The highest BCUT2D eigenvalue weighted by Crippen LogP contribution is 2.41. The van der Waals surface area contributed by atoms with Gasteiger partial charge in [0, 0.05) is 12.5 Å². The molecule has 0 aliphatic heterocycles. The smallest absolute Gasteiger partial charge is 0.228 e. The number of carbonyl (C=O) groups is 1. The van der Waals surface area contributed by atoms with Gasteiger partial charge in [0.15, 0.2) is 0 Å². The van der Waals surface area contributed by atoms with Gasteiger partial charge < -0.3 is 15.8 Å². The number of rotatable bonds is 5. The molecule has 4 heteroatoms. The molecule has 1 atom stereocenters. The summed E-state index contributed by atoms with van der Waals surface area (Å²) in [5, 5.41) is 3.04. The van der Waals surface area contributed by atoms with E-state index in [1.54, 1.807) is 0 Å². The first kappa shape index (κ1) is 15.8. The van der Waals surface area contributed by atoms with E-state index in [9.17, 15) is 4.79 Å². The van der Waals surface area contributed by atoms with E-state index in [-0.39, 0.29) is 17.2 Å². The molecule has 3 N–H and O–H groups in total. The molecule has 21 heavy (non-hydrogen) atoms. The molecule has 4 nitrogen and oxygen atoms in total. The Labute approximate surface area is 127 Å². The molecule has 1 fully saturated rings. The molecule has 0 heterocycles. The maximum atomic E-state index is 12.6. The Balaban J connectivity index is 2.08. The number of hydrogen-bond acceptors (Lipinski definition) is 3. The monoisotopic (exact) mass is 290 g/mol. The van der Waals surface area contributed by atoms with Crippen molar-refractivity contribution in [1.82, 2.24) is 0 Å². The van der Waals surface area contributed by atoms with Crippen LogP contribution in [0, 0.1) is 11.3 Å². The summed E-state index contributed by atoms with van der Waals surface area (Å²) in [5.74, 6) is 0.849. The van der Waals surface area contributed by atoms with Crippen molar-refractivity contribution in [1.29, 1.82) is 0 Å². The number of anilines is 1. The van der Waals surface area contributed by atoms with Crippen LogP contribution in [0.2, 0.25) is 0 Å². The highest BCUT2D eigenvalue weighted by Gasteiger charge is 2.37. The summed E-state index contributed by atoms with van der Waals surface area (Å²) in [6.07, 6.45) is 4.42. The lowest BCUT2D eigenvalue weighted by Gasteiger charge is -2.37. The number of hydrogen-bond donors (Lipinski definition) is 2. The summed E-state index contributed by atoms with van der Waals surface area (Å²) >= 11 is 0. The third kappa shape index (κ3) is 3.97. The van der Waals surface area contributed by atoms with Gasteiger partial charge in [0.2, 0.25) is 5.91 Å². The van der Waals surface area contributed by atoms with Crippen LogP contribution in [0.4, 0.5) is 5.69 Å². The standard InChI is InChI=1S/C17H26N2O2/c1-17(2)10-6-5-7-13(17)16(20)19-14-8-3-4-9-15(14)21-12-11-18/h3-4,8-9,13H,5-7,10-12,18H2,1-2H3,(H,19,20). The highest BCUT2D eigenvalue weighted by molar-refractivity contribution is 5.94. The summed E-state index contributed by atoms with van der Waals surface area (Å²) in [6, 6.07) is 7.53. The third-order valence-electron chi connectivity index (χ3n) is 4.34. The minimum atomic E-state index is 0.0637. The number of carbonyl (C=O) groups excluding carboxylic acids is 1. The average Bonchev–Trinajstić information content (AvgIpc) is 2.45. The molecule has 0 saturated heterocycles. The second kappa shape index (κ2) is 6.94. The molecule has 116 valence electrons. The quantitative estimate of drug-likeness (QED) is 0.875. The molecule has 0 aromatic heterocycles. The van der Waals surface area contributed by atoms with E-state index in [4.69, 9.17) is 10.5 Å². The van der Waals surface area contributed by atoms with E-state index in [2.05, 4.69) is 19.2 Å². The van der Waals surface area contributed by atoms with Crippen LogP contribution in [0.5, 0.6) is 5.75 Å². The molecule has 1 aromatic rings. The highest BCUT2D eigenvalue weighted by atomic mass is 16.5. The van der Waals surface area contributed by atoms with Gasteiger partial charge in [0.05, 0.1) is 5.69 Å². The summed E-state index contributed by atoms with van der Waals surface area (Å²) in [6.45, 7) is 5.28. The predicted molar refractivity (Wildman–Crippen MR) is 85.4 cm³/mol. The van der Waals surface area contributed by atoms with Crippen LogP contribution < -0.4 is 15.8 Å². The lowest BCUT2D eigenvalue weighted by Crippen LogP contribution is -2.37. The van der Waals surface area contributed by atoms with Crippen molar-refractivity contribution in [2.45, 2.75) is 39.5 Å². The van der Waals surface area contributed by atoms with E-state index in [0.29, 0.717) is 18.9 Å². The molecule has 1 unspecified atom stereocenters. The Kier molecular flexibility index (Phi) is 5.23. The number of nitrogens with one attached hydrogen (secondary N) is 1. The fourth-order valence-electron chi connectivity index (χ4n) is 3.06. The van der Waals surface area contributed by atoms with Crippen LogP contribution in [0.25, 0.3) is 0 Å². The van der Waals surface area contributed by atoms with Crippen molar-refractivity contribution in [3.05, 3.63) is 24.3 Å². The molecule has 0 bridgehead atoms. The zero-order chi connectivity index (χ0) is 15.3. The molecule has 1 saturated carbocycles. The molecular weight excluding hydrogens is 264 g/mol. The first-order chi connectivity index (χ1) is 10.0. The zero-order valence-electron chi connectivity index (χ0n) is 13.0. The van der Waals surface area contributed by atoms with E-state index >= 15 is 0 Å². The molecule has 1 amide bonds. The van der Waals surface area contributed by atoms with Gasteiger partial charge in [-0.2, -0.15) is 0 Å². The van der Waals surface area contributed by atoms with Gasteiger partial charge in [0.1, 0.15) is 12.4 Å². The summed E-state index contributed by atoms with van der Waals surface area (Å²) in [4.78, 5) is 12.6. The average molecular weight is 290 g/mol. The largest absolute Gasteiger partial charge is 0.490 e. The molecule has 2 rings (SSSR count). The number of para-hydroxylation sites is 2. The molecule has 0 radical (unpaired) electrons. The van der Waals surface area contributed by atoms with Gasteiger partial charge >= 0.3 is 0 Å². The first-order valence-electron chi connectivity index (χ1n) is 7.77. The SMILES string of the molecule is CC1(C)CCCCC1C(=O)Nc1ccccc1OCCN. The molecule has 1 aromatic carbocycles. The van der Waals surface area contributed by atoms with Crippen molar-refractivity contribution in [3.63, 3.8) is 0 Å². The van der Waals surface area contributed by atoms with Crippen LogP contribution in [0.15, 0.2) is 24.3 Å². The van der Waals surface area contributed by atoms with Crippen molar-refractivity contribution < 1.29 is 9.53 Å². The van der Waals surface area contributed by atoms with Crippen LogP contribution in [-0.4, -0.2) is 19.1 Å². The van der Waals surface area contributed by atoms with E-state index in [1.807, 2.05) is 24.3 Å². The van der Waals surface area contributed by atoms with Crippen LogP contribution in [-0.2, 0) is 4.79 Å². The maximum Gasteiger partial charge on any atom is 0.228 e. The van der Waals surface area contributed by atoms with Gasteiger partial charge in [-0.3, -0.25) is 4.79 Å². The van der Waals surface area contributed by atoms with Gasteiger partial charge in [-0.1, -0.05) is 38.8 Å². The van der Waals surface area contributed by atoms with Crippen LogP contribution in [0.1, 0.15) is 39.5 Å². The van der Waals surface area contributed by atoms with Crippen molar-refractivity contribution in [2.75, 3.05) is 18.5 Å². The third-order valence-corrected chi connectivity index (χ3v) is 4.34. The molecular formula is C17H26N2O2. The second-order valence-electron chi connectivity index (χ2n) is 6.41. The van der Waals surface area contributed by atoms with Gasteiger partial charge in [-0.05, 0) is 30.4 Å². The fraction of sp³-hybridized carbons (Fsp3) is 0.588. The number of benzene rings is 1. The van der Waals surface area contributed by atoms with Gasteiger partial charge in [-0.25, -0.2) is 0 Å². The van der Waals surface area contributed by atoms with E-state index in [1.165, 1.54) is 6.42 Å². The first-order valence-corrected chi connectivity index (χ1v) is 7.77. The van der Waals surface area contributed by atoms with Crippen molar-refractivity contribution in [3.8, 4) is 5.75 Å². The summed E-state index contributed by atoms with van der Waals surface area (Å²) in [7, 11) is 0. The second-order valence-corrected chi connectivity index (χ2v) is 6.41. The molecule has 1 aliphatic carbocycles. The van der Waals surface area contributed by atoms with Crippen molar-refractivity contribution in [2.24, 2.45) is 17.1 Å². The Bertz CT molecular complexity index is 485. The predicted octanol–water partition coefficient (Wildman–Crippen LogP) is 3.18. The summed E-state index contributed by atoms with van der Waals surface area (Å²) in [5.41, 5.74) is 6.27. The van der Waals surface area contributed by atoms with Crippen LogP contribution >= 0.6 is 0 Å². The molecule has 1 aliphatic rings. The minimum absolute atomic E-state index is 0.0637. The Morgan fingerprint density at radius 2 is 2.14 bits per heavy atom. The Morgan fingerprint density at radius 1 is 1.38 bits per heavy atom. The molecule has 0 spiro atoms. The number of nitrogens with two attached hydrogens (primary N) is 1. The van der Waals surface area contributed by atoms with Gasteiger partial charge in [0.25, 0.3) is 0 Å².